The molecular formula is C27H38O7. The Morgan fingerprint density at radius 2 is 1.53 bits per heavy atom. The minimum Gasteiger partial charge on any atom is -0.462 e. The third-order valence-corrected chi connectivity index (χ3v) is 9.42. The zero-order chi connectivity index (χ0) is 25.0. The summed E-state index contributed by atoms with van der Waals surface area (Å²) in [5, 5.41) is 0. The van der Waals surface area contributed by atoms with Crippen LogP contribution in [0.1, 0.15) is 80.1 Å². The maximum absolute atomic E-state index is 12.6. The number of fused-ring (bicyclic) bond motifs is 5. The number of carbonyl (C=O) groups is 4. The lowest BCUT2D eigenvalue weighted by atomic mass is 9.45. The number of ketones is 1. The molecule has 34 heavy (non-hydrogen) atoms. The minimum atomic E-state index is -0.463. The molecule has 0 aromatic carbocycles. The number of Topliss-reactive ketones (excluding diaryl/α,β-unsaturated/α-hetero) is 1. The highest BCUT2D eigenvalue weighted by molar-refractivity contribution is 5.79. The molecular weight excluding hydrogens is 436 g/mol. The predicted molar refractivity (Wildman–Crippen MR) is 123 cm³/mol. The number of hydrogen-bond donors (Lipinski definition) is 0. The molecule has 0 amide bonds. The fourth-order valence-corrected chi connectivity index (χ4v) is 8.30. The fourth-order valence-electron chi connectivity index (χ4n) is 8.30. The smallest absolute Gasteiger partial charge is 0.303 e. The van der Waals surface area contributed by atoms with Crippen LogP contribution in [0.2, 0.25) is 0 Å². The Balaban J connectivity index is 1.82. The van der Waals surface area contributed by atoms with Gasteiger partial charge in [0.1, 0.15) is 24.1 Å². The quantitative estimate of drug-likeness (QED) is 0.343. The summed E-state index contributed by atoms with van der Waals surface area (Å²) < 4.78 is 17.5. The summed E-state index contributed by atoms with van der Waals surface area (Å²) in [6.45, 7) is 10.3. The van der Waals surface area contributed by atoms with Crippen molar-refractivity contribution >= 4 is 23.7 Å². The molecule has 4 aliphatic carbocycles. The van der Waals surface area contributed by atoms with Gasteiger partial charge < -0.3 is 14.2 Å². The van der Waals surface area contributed by atoms with Gasteiger partial charge in [0.25, 0.3) is 0 Å². The summed E-state index contributed by atoms with van der Waals surface area (Å²) >= 11 is 0. The standard InChI is InChI=1S/C27H38O7/c1-14(28)20-7-8-21-24-22(33-16(3)30)12-18-11-19(32-15(2)29)9-10-26(18,5)25(24)23(34-17(4)31)13-27(20,21)6/h12,19-25H,7-11,13H2,1-6H3/t19-,20+,21-,22+,23-,24+,25-,26-,27+/m0/s1. The predicted octanol–water partition coefficient (Wildman–Crippen LogP) is 4.17. The van der Waals surface area contributed by atoms with Gasteiger partial charge in [-0.3, -0.25) is 19.2 Å². The van der Waals surface area contributed by atoms with Gasteiger partial charge in [-0.2, -0.15) is 0 Å². The number of ether oxygens (including phenoxy) is 3. The van der Waals surface area contributed by atoms with Gasteiger partial charge in [0.2, 0.25) is 0 Å². The molecule has 7 nitrogen and oxygen atoms in total. The Morgan fingerprint density at radius 1 is 0.882 bits per heavy atom. The number of esters is 3. The molecule has 4 rings (SSSR count). The van der Waals surface area contributed by atoms with Gasteiger partial charge in [-0.1, -0.05) is 19.4 Å². The maximum atomic E-state index is 12.6. The number of rotatable bonds is 4. The number of hydrogen-bond acceptors (Lipinski definition) is 7. The molecule has 3 fully saturated rings. The highest BCUT2D eigenvalue weighted by Gasteiger charge is 2.66. The highest BCUT2D eigenvalue weighted by Crippen LogP contribution is 2.67. The second-order valence-corrected chi connectivity index (χ2v) is 11.5. The van der Waals surface area contributed by atoms with E-state index in [0.29, 0.717) is 12.8 Å². The highest BCUT2D eigenvalue weighted by atomic mass is 16.6. The summed E-state index contributed by atoms with van der Waals surface area (Å²) in [6.07, 6.45) is 5.48. The van der Waals surface area contributed by atoms with Crippen molar-refractivity contribution in [3.05, 3.63) is 11.6 Å². The zero-order valence-corrected chi connectivity index (χ0v) is 21.2. The second kappa shape index (κ2) is 8.80. The summed E-state index contributed by atoms with van der Waals surface area (Å²) in [5.74, 6) is -0.801. The van der Waals surface area contributed by atoms with Gasteiger partial charge in [-0.15, -0.1) is 0 Å². The molecule has 9 atom stereocenters. The summed E-state index contributed by atoms with van der Waals surface area (Å²) in [7, 11) is 0. The fraction of sp³-hybridized carbons (Fsp3) is 0.778. The molecule has 3 saturated carbocycles. The van der Waals surface area contributed by atoms with Crippen LogP contribution in [0, 0.1) is 34.5 Å². The van der Waals surface area contributed by atoms with Crippen LogP contribution in [0.15, 0.2) is 11.6 Å². The largest absolute Gasteiger partial charge is 0.462 e. The Morgan fingerprint density at radius 3 is 2.12 bits per heavy atom. The molecule has 0 aromatic heterocycles. The Bertz CT molecular complexity index is 922. The van der Waals surface area contributed by atoms with Gasteiger partial charge in [0.15, 0.2) is 0 Å². The lowest BCUT2D eigenvalue weighted by Gasteiger charge is -2.61. The average molecular weight is 475 g/mol. The molecule has 7 heteroatoms. The summed E-state index contributed by atoms with van der Waals surface area (Å²) in [6, 6.07) is 0. The van der Waals surface area contributed by atoms with Crippen molar-refractivity contribution in [2.75, 3.05) is 0 Å². The molecule has 188 valence electrons. The van der Waals surface area contributed by atoms with E-state index in [1.54, 1.807) is 6.92 Å². The molecule has 0 saturated heterocycles. The van der Waals surface area contributed by atoms with Gasteiger partial charge >= 0.3 is 17.9 Å². The number of carbonyl (C=O) groups excluding carboxylic acids is 4. The SMILES string of the molecule is CC(=O)O[C@H]1CC[C@@]2(C)C(=C[C@@H](OC(C)=O)[C@@H]3[C@@H]2[C@@H](OC(C)=O)C[C@]2(C)[C@@H](C(C)=O)CC[C@@H]32)C1. The van der Waals surface area contributed by atoms with E-state index in [-0.39, 0.29) is 70.4 Å². The van der Waals surface area contributed by atoms with Crippen LogP contribution in [0.5, 0.6) is 0 Å². The Hall–Kier alpha value is -2.18. The summed E-state index contributed by atoms with van der Waals surface area (Å²) in [4.78, 5) is 48.7. The maximum Gasteiger partial charge on any atom is 0.303 e. The van der Waals surface area contributed by atoms with E-state index in [9.17, 15) is 19.2 Å². The molecule has 0 radical (unpaired) electrons. The minimum absolute atomic E-state index is 0.0391. The molecule has 0 unspecified atom stereocenters. The van der Waals surface area contributed by atoms with Crippen molar-refractivity contribution in [2.24, 2.45) is 34.5 Å². The van der Waals surface area contributed by atoms with E-state index in [2.05, 4.69) is 19.9 Å². The lowest BCUT2D eigenvalue weighted by Crippen LogP contribution is -2.61. The van der Waals surface area contributed by atoms with Gasteiger partial charge in [-0.05, 0) is 61.9 Å². The van der Waals surface area contributed by atoms with Crippen LogP contribution in [0.3, 0.4) is 0 Å². The van der Waals surface area contributed by atoms with Crippen molar-refractivity contribution < 1.29 is 33.4 Å². The zero-order valence-electron chi connectivity index (χ0n) is 21.2. The molecule has 0 heterocycles. The van der Waals surface area contributed by atoms with E-state index in [0.717, 1.165) is 31.3 Å². The third kappa shape index (κ3) is 4.09. The van der Waals surface area contributed by atoms with Gasteiger partial charge in [0.05, 0.1) is 0 Å². The molecule has 0 aromatic rings. The van der Waals surface area contributed by atoms with Crippen LogP contribution in [-0.4, -0.2) is 42.0 Å². The second-order valence-electron chi connectivity index (χ2n) is 11.5. The Kier molecular flexibility index (Phi) is 6.45. The van der Waals surface area contributed by atoms with Crippen LogP contribution in [-0.2, 0) is 33.4 Å². The van der Waals surface area contributed by atoms with Crippen molar-refractivity contribution in [1.29, 1.82) is 0 Å². The van der Waals surface area contributed by atoms with Crippen LogP contribution in [0.25, 0.3) is 0 Å². The van der Waals surface area contributed by atoms with Gasteiger partial charge in [0, 0.05) is 44.9 Å². The van der Waals surface area contributed by atoms with E-state index in [1.165, 1.54) is 20.8 Å². The van der Waals surface area contributed by atoms with Crippen molar-refractivity contribution in [2.45, 2.75) is 98.4 Å². The van der Waals surface area contributed by atoms with Crippen molar-refractivity contribution in [1.82, 2.24) is 0 Å². The molecule has 0 N–H and O–H groups in total. The Labute approximate surface area is 202 Å². The van der Waals surface area contributed by atoms with E-state index < -0.39 is 6.10 Å². The first kappa shape index (κ1) is 24.9. The molecule has 0 bridgehead atoms. The monoisotopic (exact) mass is 474 g/mol. The van der Waals surface area contributed by atoms with E-state index in [1.807, 2.05) is 0 Å². The first-order chi connectivity index (χ1) is 15.9. The van der Waals surface area contributed by atoms with E-state index in [4.69, 9.17) is 14.2 Å². The van der Waals surface area contributed by atoms with Crippen molar-refractivity contribution in [3.8, 4) is 0 Å². The first-order valence-corrected chi connectivity index (χ1v) is 12.6. The molecule has 0 spiro atoms. The average Bonchev–Trinajstić information content (AvgIpc) is 3.04. The lowest BCUT2D eigenvalue weighted by molar-refractivity contribution is -0.192. The van der Waals surface area contributed by atoms with E-state index >= 15 is 0 Å². The first-order valence-electron chi connectivity index (χ1n) is 12.6. The van der Waals surface area contributed by atoms with Crippen molar-refractivity contribution in [3.63, 3.8) is 0 Å². The topological polar surface area (TPSA) is 96.0 Å². The molecule has 4 aliphatic rings. The van der Waals surface area contributed by atoms with Crippen LogP contribution < -0.4 is 0 Å². The summed E-state index contributed by atoms with van der Waals surface area (Å²) in [5.41, 5.74) is 0.523. The third-order valence-electron chi connectivity index (χ3n) is 9.42. The molecule has 0 aliphatic heterocycles. The van der Waals surface area contributed by atoms with Crippen LogP contribution in [0.4, 0.5) is 0 Å². The van der Waals surface area contributed by atoms with Gasteiger partial charge in [-0.25, -0.2) is 0 Å². The van der Waals surface area contributed by atoms with Crippen LogP contribution >= 0.6 is 0 Å². The normalized spacial score (nSPS) is 42.9.